The van der Waals surface area contributed by atoms with Crippen molar-refractivity contribution < 1.29 is 18.4 Å². The molecule has 2 N–H and O–H groups in total. The van der Waals surface area contributed by atoms with Crippen LogP contribution < -0.4 is 15.5 Å². The van der Waals surface area contributed by atoms with Gasteiger partial charge in [0.05, 0.1) is 0 Å². The molecule has 28 heavy (non-hydrogen) atoms. The van der Waals surface area contributed by atoms with Gasteiger partial charge in [0.15, 0.2) is 0 Å². The van der Waals surface area contributed by atoms with E-state index in [1.807, 2.05) is 0 Å². The van der Waals surface area contributed by atoms with Gasteiger partial charge in [0, 0.05) is 50.6 Å². The van der Waals surface area contributed by atoms with E-state index in [-0.39, 0.29) is 5.82 Å². The molecule has 2 aromatic rings. The Labute approximate surface area is 162 Å². The average Bonchev–Trinajstić information content (AvgIpc) is 2.71. The van der Waals surface area contributed by atoms with E-state index < -0.39 is 17.6 Å². The predicted molar refractivity (Wildman–Crippen MR) is 103 cm³/mol. The summed E-state index contributed by atoms with van der Waals surface area (Å²) in [5.74, 6) is -2.18. The van der Waals surface area contributed by atoms with Crippen LogP contribution in [0.4, 0.5) is 20.2 Å². The molecule has 0 atom stereocenters. The van der Waals surface area contributed by atoms with Crippen molar-refractivity contribution in [3.63, 3.8) is 0 Å². The van der Waals surface area contributed by atoms with Crippen LogP contribution in [0.5, 0.6) is 0 Å². The quantitative estimate of drug-likeness (QED) is 0.768. The molecule has 8 heteroatoms. The van der Waals surface area contributed by atoms with Crippen LogP contribution in [0.2, 0.25) is 0 Å². The summed E-state index contributed by atoms with van der Waals surface area (Å²) in [4.78, 5) is 28.1. The molecule has 6 nitrogen and oxygen atoms in total. The number of rotatable bonds is 5. The Morgan fingerprint density at radius 1 is 0.821 bits per heavy atom. The van der Waals surface area contributed by atoms with Crippen LogP contribution in [-0.4, -0.2) is 56.0 Å². The second kappa shape index (κ2) is 9.27. The van der Waals surface area contributed by atoms with Crippen molar-refractivity contribution in [3.05, 3.63) is 60.2 Å². The van der Waals surface area contributed by atoms with E-state index in [2.05, 4.69) is 20.4 Å². The van der Waals surface area contributed by atoms with E-state index in [4.69, 9.17) is 0 Å². The largest absolute Gasteiger partial charge is 0.369 e. The molecule has 0 unspecified atom stereocenters. The molecule has 0 aromatic heterocycles. The van der Waals surface area contributed by atoms with Gasteiger partial charge in [-0.15, -0.1) is 0 Å². The monoisotopic (exact) mass is 388 g/mol. The maximum absolute atomic E-state index is 13.0. The Hall–Kier alpha value is -3.00. The summed E-state index contributed by atoms with van der Waals surface area (Å²) in [6.45, 7) is 4.23. The van der Waals surface area contributed by atoms with Gasteiger partial charge in [0.2, 0.25) is 0 Å². The molecule has 1 aliphatic heterocycles. The molecule has 0 saturated carbocycles. The predicted octanol–water partition coefficient (Wildman–Crippen LogP) is 1.84. The Balaban J connectivity index is 1.36. The smallest absolute Gasteiger partial charge is 0.313 e. The van der Waals surface area contributed by atoms with E-state index in [0.717, 1.165) is 31.9 Å². The topological polar surface area (TPSA) is 64.7 Å². The van der Waals surface area contributed by atoms with Crippen LogP contribution in [0.1, 0.15) is 0 Å². The van der Waals surface area contributed by atoms with Gasteiger partial charge in [-0.25, -0.2) is 8.78 Å². The Morgan fingerprint density at radius 3 is 2.00 bits per heavy atom. The lowest BCUT2D eigenvalue weighted by Crippen LogP contribution is -2.49. The molecule has 148 valence electrons. The molecule has 0 aliphatic carbocycles. The highest BCUT2D eigenvalue weighted by Crippen LogP contribution is 2.16. The van der Waals surface area contributed by atoms with Crippen molar-refractivity contribution in [1.29, 1.82) is 0 Å². The zero-order valence-electron chi connectivity index (χ0n) is 15.3. The maximum Gasteiger partial charge on any atom is 0.313 e. The van der Waals surface area contributed by atoms with Crippen molar-refractivity contribution in [2.24, 2.45) is 0 Å². The first-order valence-electron chi connectivity index (χ1n) is 9.09. The molecule has 1 saturated heterocycles. The molecule has 0 spiro atoms. The van der Waals surface area contributed by atoms with Gasteiger partial charge in [-0.05, 0) is 48.5 Å². The first-order valence-corrected chi connectivity index (χ1v) is 9.09. The number of piperazine rings is 1. The van der Waals surface area contributed by atoms with E-state index in [9.17, 15) is 18.4 Å². The minimum Gasteiger partial charge on any atom is -0.369 e. The molecule has 2 aromatic carbocycles. The van der Waals surface area contributed by atoms with E-state index >= 15 is 0 Å². The third-order valence-corrected chi connectivity index (χ3v) is 4.59. The van der Waals surface area contributed by atoms with Gasteiger partial charge in [-0.2, -0.15) is 0 Å². The highest BCUT2D eigenvalue weighted by atomic mass is 19.1. The Morgan fingerprint density at radius 2 is 1.39 bits per heavy atom. The number of hydrogen-bond donors (Lipinski definition) is 2. The van der Waals surface area contributed by atoms with Gasteiger partial charge in [0.25, 0.3) is 0 Å². The van der Waals surface area contributed by atoms with Crippen LogP contribution in [0.25, 0.3) is 0 Å². The van der Waals surface area contributed by atoms with Crippen LogP contribution >= 0.6 is 0 Å². The summed E-state index contributed by atoms with van der Waals surface area (Å²) in [5, 5.41) is 5.01. The number of carbonyl (C=O) groups excluding carboxylic acids is 2. The molecule has 1 aliphatic rings. The van der Waals surface area contributed by atoms with Crippen LogP contribution in [0.3, 0.4) is 0 Å². The zero-order chi connectivity index (χ0) is 19.9. The summed E-state index contributed by atoms with van der Waals surface area (Å²) < 4.78 is 25.9. The van der Waals surface area contributed by atoms with E-state index in [1.165, 1.54) is 36.4 Å². The lowest BCUT2D eigenvalue weighted by molar-refractivity contribution is -0.136. The Bertz CT molecular complexity index is 804. The fourth-order valence-electron chi connectivity index (χ4n) is 3.01. The van der Waals surface area contributed by atoms with Gasteiger partial charge in [-0.1, -0.05) is 0 Å². The summed E-state index contributed by atoms with van der Waals surface area (Å²) in [6.07, 6.45) is 0. The molecule has 0 bridgehead atoms. The number of nitrogens with one attached hydrogen (secondary N) is 2. The van der Waals surface area contributed by atoms with Crippen molar-refractivity contribution in [3.8, 4) is 0 Å². The molecule has 3 rings (SSSR count). The number of nitrogens with zero attached hydrogens (tertiary/aromatic N) is 2. The van der Waals surface area contributed by atoms with Crippen LogP contribution in [0, 0.1) is 11.6 Å². The second-order valence-corrected chi connectivity index (χ2v) is 6.52. The van der Waals surface area contributed by atoms with Gasteiger partial charge < -0.3 is 15.5 Å². The zero-order valence-corrected chi connectivity index (χ0v) is 15.3. The fourth-order valence-corrected chi connectivity index (χ4v) is 3.01. The first kappa shape index (κ1) is 19.8. The standard InChI is InChI=1S/C20H22F2N4O2/c21-15-1-5-17(6-2-15)24-20(28)19(27)23-9-10-25-11-13-26(14-12-25)18-7-3-16(22)4-8-18/h1-8H,9-14H2,(H,23,27)(H,24,28). The number of hydrogen-bond acceptors (Lipinski definition) is 4. The highest BCUT2D eigenvalue weighted by molar-refractivity contribution is 6.39. The molecular weight excluding hydrogens is 366 g/mol. The van der Waals surface area contributed by atoms with E-state index in [1.54, 1.807) is 12.1 Å². The molecule has 0 radical (unpaired) electrons. The van der Waals surface area contributed by atoms with E-state index in [0.29, 0.717) is 18.8 Å². The molecule has 2 amide bonds. The van der Waals surface area contributed by atoms with Gasteiger partial charge in [-0.3, -0.25) is 14.5 Å². The van der Waals surface area contributed by atoms with Crippen molar-refractivity contribution >= 4 is 23.2 Å². The number of halogens is 2. The van der Waals surface area contributed by atoms with Crippen molar-refractivity contribution in [1.82, 2.24) is 10.2 Å². The minimum absolute atomic E-state index is 0.249. The fraction of sp³-hybridized carbons (Fsp3) is 0.300. The number of anilines is 2. The maximum atomic E-state index is 13.0. The lowest BCUT2D eigenvalue weighted by Gasteiger charge is -2.36. The average molecular weight is 388 g/mol. The lowest BCUT2D eigenvalue weighted by atomic mass is 10.2. The number of benzene rings is 2. The number of carbonyl (C=O) groups is 2. The minimum atomic E-state index is -0.785. The van der Waals surface area contributed by atoms with Gasteiger partial charge >= 0.3 is 11.8 Å². The first-order chi connectivity index (χ1) is 13.5. The summed E-state index contributed by atoms with van der Waals surface area (Å²) in [5.41, 5.74) is 1.35. The molecule has 1 fully saturated rings. The molecule has 1 heterocycles. The third kappa shape index (κ3) is 5.50. The summed E-state index contributed by atoms with van der Waals surface area (Å²) in [6, 6.07) is 11.6. The molecular formula is C20H22F2N4O2. The highest BCUT2D eigenvalue weighted by Gasteiger charge is 2.18. The summed E-state index contributed by atoms with van der Waals surface area (Å²) in [7, 11) is 0. The second-order valence-electron chi connectivity index (χ2n) is 6.52. The van der Waals surface area contributed by atoms with Crippen molar-refractivity contribution in [2.45, 2.75) is 0 Å². The van der Waals surface area contributed by atoms with Crippen LogP contribution in [-0.2, 0) is 9.59 Å². The third-order valence-electron chi connectivity index (χ3n) is 4.59. The van der Waals surface area contributed by atoms with Gasteiger partial charge in [0.1, 0.15) is 11.6 Å². The van der Waals surface area contributed by atoms with Crippen LogP contribution in [0.15, 0.2) is 48.5 Å². The van der Waals surface area contributed by atoms with Crippen molar-refractivity contribution in [2.75, 3.05) is 49.5 Å². The Kier molecular flexibility index (Phi) is 6.54. The summed E-state index contributed by atoms with van der Waals surface area (Å²) >= 11 is 0. The number of amides is 2. The normalized spacial score (nSPS) is 14.6. The SMILES string of the molecule is O=C(NCCN1CCN(c2ccc(F)cc2)CC1)C(=O)Nc1ccc(F)cc1.